The number of nitrogens with zero attached hydrogens (tertiary/aromatic N) is 1. The van der Waals surface area contributed by atoms with E-state index in [-0.39, 0.29) is 0 Å². The van der Waals surface area contributed by atoms with Crippen LogP contribution >= 0.6 is 0 Å². The first-order valence-electron chi connectivity index (χ1n) is 6.56. The maximum Gasteiger partial charge on any atom is 0.0362 e. The van der Waals surface area contributed by atoms with Gasteiger partial charge in [0.05, 0.1) is 0 Å². The Kier molecular flexibility index (Phi) is 4.39. The zero-order valence-electron chi connectivity index (χ0n) is 10.3. The molecule has 1 saturated carbocycles. The highest BCUT2D eigenvalue weighted by atomic mass is 32.2. The van der Waals surface area contributed by atoms with Crippen LogP contribution in [-0.4, -0.2) is 52.3 Å². The Bertz CT molecular complexity index is 251. The number of hydrogen-bond donors (Lipinski definition) is 1. The van der Waals surface area contributed by atoms with Crippen LogP contribution in [0.3, 0.4) is 0 Å². The summed E-state index contributed by atoms with van der Waals surface area (Å²) in [6.45, 7) is 6.44. The van der Waals surface area contributed by atoms with Crippen LogP contribution in [0.5, 0.6) is 0 Å². The molecule has 1 aliphatic carbocycles. The van der Waals surface area contributed by atoms with E-state index in [0.29, 0.717) is 5.54 Å². The molecule has 1 N–H and O–H groups in total. The molecular formula is C12H24N2OS. The fraction of sp³-hybridized carbons (Fsp3) is 1.00. The van der Waals surface area contributed by atoms with Crippen molar-refractivity contribution in [2.75, 3.05) is 37.7 Å². The topological polar surface area (TPSA) is 32.3 Å². The van der Waals surface area contributed by atoms with E-state index in [1.807, 2.05) is 6.92 Å². The van der Waals surface area contributed by atoms with Crippen molar-refractivity contribution < 1.29 is 4.21 Å². The van der Waals surface area contributed by atoms with E-state index in [0.717, 1.165) is 31.1 Å². The number of rotatable bonds is 4. The van der Waals surface area contributed by atoms with Gasteiger partial charge >= 0.3 is 0 Å². The fourth-order valence-electron chi connectivity index (χ4n) is 2.99. The van der Waals surface area contributed by atoms with Crippen LogP contribution in [0.2, 0.25) is 0 Å². The molecule has 0 amide bonds. The summed E-state index contributed by atoms with van der Waals surface area (Å²) in [5, 5.41) is 3.71. The molecular weight excluding hydrogens is 220 g/mol. The molecule has 1 aliphatic heterocycles. The normalized spacial score (nSPS) is 27.3. The van der Waals surface area contributed by atoms with Gasteiger partial charge in [0.1, 0.15) is 0 Å². The molecule has 94 valence electrons. The van der Waals surface area contributed by atoms with Gasteiger partial charge in [-0.3, -0.25) is 9.11 Å². The highest BCUT2D eigenvalue weighted by Gasteiger charge is 2.37. The quantitative estimate of drug-likeness (QED) is 0.800. The molecule has 0 radical (unpaired) electrons. The molecule has 1 atom stereocenters. The second-order valence-corrected chi connectivity index (χ2v) is 6.99. The third kappa shape index (κ3) is 3.05. The molecule has 3 nitrogen and oxygen atoms in total. The van der Waals surface area contributed by atoms with Crippen molar-refractivity contribution in [1.29, 1.82) is 0 Å². The molecule has 0 aromatic carbocycles. The van der Waals surface area contributed by atoms with Gasteiger partial charge < -0.3 is 5.32 Å². The third-order valence-corrected chi connectivity index (χ3v) is 5.25. The summed E-state index contributed by atoms with van der Waals surface area (Å²) in [6.07, 6.45) is 5.42. The molecule has 2 rings (SSSR count). The molecule has 16 heavy (non-hydrogen) atoms. The van der Waals surface area contributed by atoms with Crippen molar-refractivity contribution in [3.8, 4) is 0 Å². The first kappa shape index (κ1) is 12.5. The molecule has 0 aromatic rings. The largest absolute Gasteiger partial charge is 0.309 e. The van der Waals surface area contributed by atoms with Gasteiger partial charge in [-0.2, -0.15) is 0 Å². The summed E-state index contributed by atoms with van der Waals surface area (Å²) in [5.41, 5.74) is 0.409. The summed E-state index contributed by atoms with van der Waals surface area (Å²) in [4.78, 5) is 2.51. The Hall–Kier alpha value is 0.0700. The van der Waals surface area contributed by atoms with Crippen molar-refractivity contribution in [1.82, 2.24) is 10.2 Å². The van der Waals surface area contributed by atoms with Gasteiger partial charge in [0.25, 0.3) is 0 Å². The predicted octanol–water partition coefficient (Wildman–Crippen LogP) is 0.973. The summed E-state index contributed by atoms with van der Waals surface area (Å²) in [7, 11) is -0.604. The van der Waals surface area contributed by atoms with Gasteiger partial charge in [-0.15, -0.1) is 0 Å². The average Bonchev–Trinajstić information content (AvgIpc) is 2.74. The van der Waals surface area contributed by atoms with Crippen molar-refractivity contribution in [3.05, 3.63) is 0 Å². The van der Waals surface area contributed by atoms with Gasteiger partial charge in [-0.1, -0.05) is 19.8 Å². The first-order chi connectivity index (χ1) is 7.74. The second-order valence-electron chi connectivity index (χ2n) is 5.12. The van der Waals surface area contributed by atoms with Gasteiger partial charge in [0.15, 0.2) is 0 Å². The summed E-state index contributed by atoms with van der Waals surface area (Å²) >= 11 is 0. The fourth-order valence-corrected chi connectivity index (χ4v) is 3.75. The number of piperazine rings is 1. The van der Waals surface area contributed by atoms with E-state index in [9.17, 15) is 4.21 Å². The lowest BCUT2D eigenvalue weighted by Gasteiger charge is -2.41. The Morgan fingerprint density at radius 3 is 2.81 bits per heavy atom. The highest BCUT2D eigenvalue weighted by molar-refractivity contribution is 7.84. The smallest absolute Gasteiger partial charge is 0.0362 e. The highest BCUT2D eigenvalue weighted by Crippen LogP contribution is 2.31. The van der Waals surface area contributed by atoms with Gasteiger partial charge in [0, 0.05) is 54.0 Å². The zero-order valence-corrected chi connectivity index (χ0v) is 11.2. The summed E-state index contributed by atoms with van der Waals surface area (Å²) < 4.78 is 11.4. The van der Waals surface area contributed by atoms with Crippen LogP contribution in [0.15, 0.2) is 0 Å². The number of nitrogens with one attached hydrogen (secondary N) is 1. The maximum absolute atomic E-state index is 11.4. The van der Waals surface area contributed by atoms with Gasteiger partial charge in [-0.05, 0) is 12.8 Å². The van der Waals surface area contributed by atoms with E-state index in [4.69, 9.17) is 0 Å². The Morgan fingerprint density at radius 2 is 2.12 bits per heavy atom. The van der Waals surface area contributed by atoms with Crippen molar-refractivity contribution in [2.24, 2.45) is 0 Å². The van der Waals surface area contributed by atoms with Crippen molar-refractivity contribution in [3.63, 3.8) is 0 Å². The molecule has 2 aliphatic rings. The zero-order chi connectivity index (χ0) is 11.4. The lowest BCUT2D eigenvalue weighted by Crippen LogP contribution is -2.59. The van der Waals surface area contributed by atoms with E-state index < -0.39 is 10.8 Å². The standard InChI is InChI=1S/C12H24N2OS/c1-2-16(15)10-9-14-8-7-13-12(11-14)5-3-4-6-12/h13H,2-11H2,1H3. The van der Waals surface area contributed by atoms with Crippen LogP contribution in [0.1, 0.15) is 32.6 Å². The molecule has 0 aromatic heterocycles. The van der Waals surface area contributed by atoms with Gasteiger partial charge in [-0.25, -0.2) is 0 Å². The molecule has 1 spiro atoms. The van der Waals surface area contributed by atoms with Gasteiger partial charge in [0.2, 0.25) is 0 Å². The van der Waals surface area contributed by atoms with E-state index in [2.05, 4.69) is 10.2 Å². The number of hydrogen-bond acceptors (Lipinski definition) is 3. The SMILES string of the molecule is CCS(=O)CCN1CCNC2(CCCC2)C1. The third-order valence-electron chi connectivity index (χ3n) is 3.97. The minimum absolute atomic E-state index is 0.409. The predicted molar refractivity (Wildman–Crippen MR) is 69.2 cm³/mol. The van der Waals surface area contributed by atoms with Crippen LogP contribution in [0.25, 0.3) is 0 Å². The lowest BCUT2D eigenvalue weighted by atomic mass is 9.95. The minimum Gasteiger partial charge on any atom is -0.309 e. The molecule has 1 heterocycles. The molecule has 2 fully saturated rings. The Balaban J connectivity index is 1.80. The molecule has 1 saturated heterocycles. The first-order valence-corrected chi connectivity index (χ1v) is 8.05. The minimum atomic E-state index is -0.604. The van der Waals surface area contributed by atoms with Crippen LogP contribution in [0, 0.1) is 0 Å². The van der Waals surface area contributed by atoms with Crippen molar-refractivity contribution in [2.45, 2.75) is 38.1 Å². The summed E-state index contributed by atoms with van der Waals surface area (Å²) in [5.74, 6) is 1.66. The Morgan fingerprint density at radius 1 is 1.38 bits per heavy atom. The van der Waals surface area contributed by atoms with E-state index in [1.54, 1.807) is 0 Å². The van der Waals surface area contributed by atoms with Crippen molar-refractivity contribution >= 4 is 10.8 Å². The second kappa shape index (κ2) is 5.61. The van der Waals surface area contributed by atoms with Crippen LogP contribution < -0.4 is 5.32 Å². The van der Waals surface area contributed by atoms with E-state index in [1.165, 1.54) is 32.2 Å². The Labute approximate surface area is 101 Å². The van der Waals surface area contributed by atoms with Crippen LogP contribution in [-0.2, 0) is 10.8 Å². The maximum atomic E-state index is 11.4. The lowest BCUT2D eigenvalue weighted by molar-refractivity contribution is 0.141. The van der Waals surface area contributed by atoms with E-state index >= 15 is 0 Å². The molecule has 1 unspecified atom stereocenters. The summed E-state index contributed by atoms with van der Waals surface area (Å²) in [6, 6.07) is 0. The average molecular weight is 244 g/mol. The molecule has 0 bridgehead atoms. The van der Waals surface area contributed by atoms with Crippen LogP contribution in [0.4, 0.5) is 0 Å². The molecule has 4 heteroatoms. The monoisotopic (exact) mass is 244 g/mol.